The lowest BCUT2D eigenvalue weighted by Crippen LogP contribution is -2.50. The number of ether oxygens (including phenoxy) is 1. The van der Waals surface area contributed by atoms with Crippen molar-refractivity contribution in [1.82, 2.24) is 4.90 Å². The van der Waals surface area contributed by atoms with Gasteiger partial charge in [0.1, 0.15) is 6.04 Å². The molecule has 1 aliphatic heterocycles. The summed E-state index contributed by atoms with van der Waals surface area (Å²) >= 11 is -0.134. The lowest BCUT2D eigenvalue weighted by molar-refractivity contribution is -0.149. The van der Waals surface area contributed by atoms with Gasteiger partial charge >= 0.3 is 11.5 Å². The minimum Gasteiger partial charge on any atom is -0.480 e. The molecule has 0 saturated carbocycles. The van der Waals surface area contributed by atoms with Crippen LogP contribution in [0.4, 0.5) is 13.2 Å². The summed E-state index contributed by atoms with van der Waals surface area (Å²) in [6.07, 6.45) is 0. The quantitative estimate of drug-likeness (QED) is 0.817. The smallest absolute Gasteiger partial charge is 0.441 e. The van der Waals surface area contributed by atoms with Gasteiger partial charge in [0.05, 0.1) is 13.2 Å². The van der Waals surface area contributed by atoms with Crippen LogP contribution in [0.1, 0.15) is 0 Å². The van der Waals surface area contributed by atoms with Gasteiger partial charge in [-0.3, -0.25) is 9.69 Å². The fraction of sp³-hybridized carbons (Fsp3) is 0.875. The second-order valence-electron chi connectivity index (χ2n) is 3.26. The summed E-state index contributed by atoms with van der Waals surface area (Å²) in [4.78, 5) is 12.3. The van der Waals surface area contributed by atoms with Gasteiger partial charge in [-0.1, -0.05) is 0 Å². The van der Waals surface area contributed by atoms with Crippen LogP contribution in [0.3, 0.4) is 0 Å². The van der Waals surface area contributed by atoms with Gasteiger partial charge in [-0.05, 0) is 11.8 Å². The van der Waals surface area contributed by atoms with E-state index in [0.717, 1.165) is 0 Å². The molecule has 1 aliphatic rings. The Bertz CT molecular complexity index is 249. The average molecular weight is 259 g/mol. The van der Waals surface area contributed by atoms with Crippen LogP contribution >= 0.6 is 11.8 Å². The highest BCUT2D eigenvalue weighted by Crippen LogP contribution is 2.30. The van der Waals surface area contributed by atoms with Crippen LogP contribution in [0.5, 0.6) is 0 Å². The Morgan fingerprint density at radius 1 is 1.56 bits per heavy atom. The van der Waals surface area contributed by atoms with E-state index in [4.69, 9.17) is 9.84 Å². The van der Waals surface area contributed by atoms with Crippen LogP contribution in [0.2, 0.25) is 0 Å². The number of rotatable bonds is 4. The van der Waals surface area contributed by atoms with Crippen molar-refractivity contribution in [2.75, 3.05) is 32.1 Å². The Balaban J connectivity index is 2.36. The maximum atomic E-state index is 11.9. The molecule has 94 valence electrons. The summed E-state index contributed by atoms with van der Waals surface area (Å²) in [6, 6.07) is -0.831. The third-order valence-electron chi connectivity index (χ3n) is 2.17. The molecule has 1 saturated heterocycles. The lowest BCUT2D eigenvalue weighted by atomic mass is 10.2. The van der Waals surface area contributed by atoms with E-state index in [9.17, 15) is 18.0 Å². The minimum atomic E-state index is -4.26. The van der Waals surface area contributed by atoms with Gasteiger partial charge in [0.25, 0.3) is 0 Å². The molecule has 0 aliphatic carbocycles. The summed E-state index contributed by atoms with van der Waals surface area (Å²) in [7, 11) is 0. The normalized spacial score (nSPS) is 23.3. The molecule has 1 fully saturated rings. The zero-order chi connectivity index (χ0) is 12.2. The van der Waals surface area contributed by atoms with Gasteiger partial charge in [-0.2, -0.15) is 13.2 Å². The van der Waals surface area contributed by atoms with Crippen LogP contribution in [-0.4, -0.2) is 59.6 Å². The number of hydrogen-bond donors (Lipinski definition) is 1. The molecule has 0 spiro atoms. The Hall–Kier alpha value is -0.470. The number of thioether (sulfide) groups is 1. The number of carboxylic acid groups (broad SMARTS) is 1. The standard InChI is InChI=1S/C8H12F3NO3S/c9-8(10,11)16-4-2-12-1-3-15-5-6(12)7(13)14/h6H,1-5H2,(H,13,14). The fourth-order valence-electron chi connectivity index (χ4n) is 1.41. The van der Waals surface area contributed by atoms with Crippen molar-refractivity contribution in [2.24, 2.45) is 0 Å². The first kappa shape index (κ1) is 13.6. The molecule has 1 unspecified atom stereocenters. The maximum Gasteiger partial charge on any atom is 0.441 e. The van der Waals surface area contributed by atoms with Crippen molar-refractivity contribution in [3.8, 4) is 0 Å². The van der Waals surface area contributed by atoms with Gasteiger partial charge in [-0.15, -0.1) is 0 Å². The number of carboxylic acids is 1. The van der Waals surface area contributed by atoms with Crippen molar-refractivity contribution >= 4 is 17.7 Å². The third-order valence-corrected chi connectivity index (χ3v) is 2.88. The Morgan fingerprint density at radius 3 is 2.81 bits per heavy atom. The first-order chi connectivity index (χ1) is 7.40. The summed E-state index contributed by atoms with van der Waals surface area (Å²) < 4.78 is 40.6. The van der Waals surface area contributed by atoms with Crippen LogP contribution in [0, 0.1) is 0 Å². The third kappa shape index (κ3) is 4.58. The van der Waals surface area contributed by atoms with Crippen molar-refractivity contribution in [1.29, 1.82) is 0 Å². The molecule has 4 nitrogen and oxygen atoms in total. The predicted octanol–water partition coefficient (Wildman–Crippen LogP) is 1.02. The Kier molecular flexibility index (Phi) is 4.88. The number of halogens is 3. The molecule has 0 aromatic heterocycles. The lowest BCUT2D eigenvalue weighted by Gasteiger charge is -2.32. The number of aliphatic carboxylic acids is 1. The molecule has 0 bridgehead atoms. The van der Waals surface area contributed by atoms with E-state index < -0.39 is 17.5 Å². The zero-order valence-corrected chi connectivity index (χ0v) is 9.18. The summed E-state index contributed by atoms with van der Waals surface area (Å²) in [5.74, 6) is -1.22. The molecule has 1 atom stereocenters. The van der Waals surface area contributed by atoms with Gasteiger partial charge in [0.2, 0.25) is 0 Å². The van der Waals surface area contributed by atoms with Gasteiger partial charge in [0, 0.05) is 18.8 Å². The summed E-state index contributed by atoms with van der Waals surface area (Å²) in [5.41, 5.74) is -4.26. The van der Waals surface area contributed by atoms with E-state index in [1.165, 1.54) is 4.90 Å². The number of alkyl halides is 3. The predicted molar refractivity (Wildman–Crippen MR) is 52.3 cm³/mol. The highest BCUT2D eigenvalue weighted by Gasteiger charge is 2.31. The van der Waals surface area contributed by atoms with E-state index in [1.807, 2.05) is 0 Å². The van der Waals surface area contributed by atoms with E-state index >= 15 is 0 Å². The Labute approximate surface area is 94.7 Å². The molecule has 16 heavy (non-hydrogen) atoms. The van der Waals surface area contributed by atoms with Crippen LogP contribution in [0.25, 0.3) is 0 Å². The molecule has 1 N–H and O–H groups in total. The molecular formula is C8H12F3NO3S. The number of hydrogen-bond acceptors (Lipinski definition) is 4. The summed E-state index contributed by atoms with van der Waals surface area (Å²) in [6.45, 7) is 0.854. The second-order valence-corrected chi connectivity index (χ2v) is 4.42. The first-order valence-electron chi connectivity index (χ1n) is 4.65. The van der Waals surface area contributed by atoms with Crippen molar-refractivity contribution in [3.05, 3.63) is 0 Å². The van der Waals surface area contributed by atoms with Gasteiger partial charge < -0.3 is 9.84 Å². The van der Waals surface area contributed by atoms with Crippen LogP contribution in [-0.2, 0) is 9.53 Å². The fourth-order valence-corrected chi connectivity index (χ4v) is 1.97. The Morgan fingerprint density at radius 2 is 2.25 bits per heavy atom. The maximum absolute atomic E-state index is 11.9. The SMILES string of the molecule is O=C(O)C1COCCN1CCSC(F)(F)F. The van der Waals surface area contributed by atoms with Crippen molar-refractivity contribution in [3.63, 3.8) is 0 Å². The molecule has 0 aromatic rings. The van der Waals surface area contributed by atoms with Crippen LogP contribution in [0.15, 0.2) is 0 Å². The van der Waals surface area contributed by atoms with E-state index in [2.05, 4.69) is 0 Å². The number of carbonyl (C=O) groups is 1. The zero-order valence-electron chi connectivity index (χ0n) is 8.37. The highest BCUT2D eigenvalue weighted by molar-refractivity contribution is 8.00. The molecule has 0 aromatic carbocycles. The van der Waals surface area contributed by atoms with E-state index in [1.54, 1.807) is 0 Å². The molecule has 0 amide bonds. The largest absolute Gasteiger partial charge is 0.480 e. The molecule has 1 heterocycles. The van der Waals surface area contributed by atoms with Crippen molar-refractivity contribution in [2.45, 2.75) is 11.6 Å². The van der Waals surface area contributed by atoms with E-state index in [-0.39, 0.29) is 30.7 Å². The molecule has 8 heteroatoms. The topological polar surface area (TPSA) is 49.8 Å². The summed E-state index contributed by atoms with van der Waals surface area (Å²) in [5, 5.41) is 8.82. The molecule has 1 rings (SSSR count). The van der Waals surface area contributed by atoms with Gasteiger partial charge in [-0.25, -0.2) is 0 Å². The molecular weight excluding hydrogens is 247 g/mol. The first-order valence-corrected chi connectivity index (χ1v) is 5.64. The van der Waals surface area contributed by atoms with Gasteiger partial charge in [0.15, 0.2) is 0 Å². The highest BCUT2D eigenvalue weighted by atomic mass is 32.2. The van der Waals surface area contributed by atoms with Crippen molar-refractivity contribution < 1.29 is 27.8 Å². The second kappa shape index (κ2) is 5.74. The number of morpholine rings is 1. The molecule has 0 radical (unpaired) electrons. The van der Waals surface area contributed by atoms with E-state index in [0.29, 0.717) is 13.2 Å². The number of nitrogens with zero attached hydrogens (tertiary/aromatic N) is 1. The monoisotopic (exact) mass is 259 g/mol. The minimum absolute atomic E-state index is 0.0337. The average Bonchev–Trinajstić information content (AvgIpc) is 2.16. The van der Waals surface area contributed by atoms with Crippen LogP contribution < -0.4 is 0 Å².